The summed E-state index contributed by atoms with van der Waals surface area (Å²) in [4.78, 5) is 0.863. The van der Waals surface area contributed by atoms with Crippen molar-refractivity contribution in [3.63, 3.8) is 0 Å². The van der Waals surface area contributed by atoms with Crippen molar-refractivity contribution >= 4 is 0 Å². The van der Waals surface area contributed by atoms with E-state index in [9.17, 15) is 5.21 Å². The molecule has 0 unspecified atom stereocenters. The van der Waals surface area contributed by atoms with Gasteiger partial charge in [-0.2, -0.15) is 0 Å². The van der Waals surface area contributed by atoms with Crippen LogP contribution in [0.5, 0.6) is 0 Å². The van der Waals surface area contributed by atoms with Crippen LogP contribution in [0, 0.1) is 12.1 Å². The lowest BCUT2D eigenvalue weighted by Crippen LogP contribution is -2.37. The van der Waals surface area contributed by atoms with E-state index in [1.165, 1.54) is 6.20 Å². The van der Waals surface area contributed by atoms with Gasteiger partial charge >= 0.3 is 0 Å². The summed E-state index contributed by atoms with van der Waals surface area (Å²) in [5.74, 6) is 0. The van der Waals surface area contributed by atoms with Crippen molar-refractivity contribution in [2.75, 3.05) is 0 Å². The van der Waals surface area contributed by atoms with Gasteiger partial charge in [-0.3, -0.25) is 0 Å². The van der Waals surface area contributed by atoms with Gasteiger partial charge in [-0.15, -0.1) is 4.68 Å². The lowest BCUT2D eigenvalue weighted by Gasteiger charge is -2.04. The Kier molecular flexibility index (Phi) is 2.23. The predicted octanol–water partition coefficient (Wildman–Crippen LogP) is 1.48. The normalized spacial score (nSPS) is 10.4. The number of aryl methyl sites for hydroxylation is 1. The molecular weight excluding hydrogens is 176 g/mol. The van der Waals surface area contributed by atoms with Gasteiger partial charge in [0, 0.05) is 6.07 Å². The fourth-order valence-electron chi connectivity index (χ4n) is 1.44. The third-order valence-electron chi connectivity index (χ3n) is 2.26. The van der Waals surface area contributed by atoms with Crippen molar-refractivity contribution in [1.82, 2.24) is 4.68 Å². The molecule has 0 bridgehead atoms. The van der Waals surface area contributed by atoms with Crippen molar-refractivity contribution in [3.8, 4) is 0 Å². The number of rotatable bonds is 2. The van der Waals surface area contributed by atoms with E-state index < -0.39 is 0 Å². The largest absolute Gasteiger partial charge is 0.596 e. The van der Waals surface area contributed by atoms with Gasteiger partial charge in [-0.1, -0.05) is 35.2 Å². The van der Waals surface area contributed by atoms with Crippen molar-refractivity contribution in [1.29, 1.82) is 0 Å². The molecule has 14 heavy (non-hydrogen) atoms. The van der Waals surface area contributed by atoms with Crippen molar-refractivity contribution < 1.29 is 4.85 Å². The van der Waals surface area contributed by atoms with E-state index in [1.54, 1.807) is 4.68 Å². The molecule has 2 rings (SSSR count). The van der Waals surface area contributed by atoms with Gasteiger partial charge in [0.2, 0.25) is 6.20 Å². The number of hydrogen-bond acceptors (Lipinski definition) is 1. The highest BCUT2D eigenvalue weighted by Crippen LogP contribution is 2.02. The lowest BCUT2D eigenvalue weighted by atomic mass is 10.2. The van der Waals surface area contributed by atoms with Crippen LogP contribution in [0.4, 0.5) is 0 Å². The predicted molar refractivity (Wildman–Crippen MR) is 53.7 cm³/mol. The fourth-order valence-corrected chi connectivity index (χ4v) is 1.44. The van der Waals surface area contributed by atoms with Crippen LogP contribution >= 0.6 is 0 Å². The molecule has 1 heterocycles. The van der Waals surface area contributed by atoms with Crippen LogP contribution in [-0.4, -0.2) is 4.68 Å². The number of nitrogens with zero attached hydrogens (tertiary/aromatic N) is 2. The van der Waals surface area contributed by atoms with Gasteiger partial charge in [0.25, 0.3) is 0 Å². The molecule has 2 aromatic rings. The van der Waals surface area contributed by atoms with E-state index in [2.05, 4.69) is 0 Å². The Morgan fingerprint density at radius 2 is 1.93 bits per heavy atom. The van der Waals surface area contributed by atoms with Gasteiger partial charge < -0.3 is 5.21 Å². The molecule has 3 nitrogen and oxygen atoms in total. The summed E-state index contributed by atoms with van der Waals surface area (Å²) in [6, 6.07) is 11.8. The summed E-state index contributed by atoms with van der Waals surface area (Å²) in [7, 11) is 0. The molecule has 0 aliphatic rings. The van der Waals surface area contributed by atoms with E-state index >= 15 is 0 Å². The number of hydrogen-bond donors (Lipinski definition) is 0. The second-order valence-corrected chi connectivity index (χ2v) is 3.30. The molecule has 0 radical (unpaired) electrons. The highest BCUT2D eigenvalue weighted by molar-refractivity contribution is 5.15. The molecule has 0 saturated heterocycles. The van der Waals surface area contributed by atoms with Crippen LogP contribution in [0.2, 0.25) is 0 Å². The molecule has 0 saturated carbocycles. The molecule has 0 atom stereocenters. The van der Waals surface area contributed by atoms with Crippen molar-refractivity contribution in [2.24, 2.45) is 0 Å². The maximum atomic E-state index is 11.3. The third kappa shape index (κ3) is 1.62. The molecule has 1 aromatic heterocycles. The quantitative estimate of drug-likeness (QED) is 0.519. The van der Waals surface area contributed by atoms with E-state index in [1.807, 2.05) is 43.3 Å². The van der Waals surface area contributed by atoms with Crippen LogP contribution in [0.1, 0.15) is 11.3 Å². The van der Waals surface area contributed by atoms with Crippen LogP contribution in [0.15, 0.2) is 42.6 Å². The van der Waals surface area contributed by atoms with Gasteiger partial charge in [0.05, 0.1) is 5.69 Å². The first-order valence-corrected chi connectivity index (χ1v) is 4.57. The Bertz CT molecular complexity index is 401. The summed E-state index contributed by atoms with van der Waals surface area (Å²) in [5, 5.41) is 11.3. The topological polar surface area (TPSA) is 31.9 Å². The molecular formula is C11H12N2O. The van der Waals surface area contributed by atoms with E-state index in [4.69, 9.17) is 0 Å². The zero-order valence-electron chi connectivity index (χ0n) is 8.05. The summed E-state index contributed by atoms with van der Waals surface area (Å²) in [6.07, 6.45) is 1.53. The molecule has 1 aromatic carbocycles. The maximum Gasteiger partial charge on any atom is 0.209 e. The first-order valence-electron chi connectivity index (χ1n) is 4.57. The van der Waals surface area contributed by atoms with E-state index in [-0.39, 0.29) is 0 Å². The molecule has 0 aliphatic heterocycles. The highest BCUT2D eigenvalue weighted by atomic mass is 16.5. The molecule has 72 valence electrons. The van der Waals surface area contributed by atoms with E-state index in [0.717, 1.165) is 16.1 Å². The minimum absolute atomic E-state index is 0.628. The lowest BCUT2D eigenvalue weighted by molar-refractivity contribution is -0.693. The monoisotopic (exact) mass is 188 g/mol. The van der Waals surface area contributed by atoms with Crippen LogP contribution < -0.4 is 4.85 Å². The van der Waals surface area contributed by atoms with Gasteiger partial charge in [0.1, 0.15) is 6.54 Å². The molecule has 0 N–H and O–H groups in total. The standard InChI is InChI=1S/C11H12N2O/c1-10-7-8-13(14)12(10)9-11-5-3-2-4-6-11/h2-8H,9H2,1H3. The van der Waals surface area contributed by atoms with Crippen molar-refractivity contribution in [2.45, 2.75) is 13.5 Å². The molecule has 0 spiro atoms. The summed E-state index contributed by atoms with van der Waals surface area (Å²) in [6.45, 7) is 2.56. The first-order chi connectivity index (χ1) is 6.77. The number of aromatic nitrogens is 2. The average Bonchev–Trinajstić information content (AvgIpc) is 2.51. The van der Waals surface area contributed by atoms with Crippen LogP contribution in [0.3, 0.4) is 0 Å². The fraction of sp³-hybridized carbons (Fsp3) is 0.182. The smallest absolute Gasteiger partial charge is 0.209 e. The Morgan fingerprint density at radius 3 is 2.50 bits per heavy atom. The second kappa shape index (κ2) is 3.54. The zero-order chi connectivity index (χ0) is 9.97. The zero-order valence-corrected chi connectivity index (χ0v) is 8.05. The Morgan fingerprint density at radius 1 is 1.21 bits per heavy atom. The molecule has 0 aliphatic carbocycles. The summed E-state index contributed by atoms with van der Waals surface area (Å²) >= 11 is 0. The third-order valence-corrected chi connectivity index (χ3v) is 2.26. The van der Waals surface area contributed by atoms with Gasteiger partial charge in [-0.05, 0) is 12.5 Å². The minimum atomic E-state index is 0.628. The maximum absolute atomic E-state index is 11.3. The summed E-state index contributed by atoms with van der Waals surface area (Å²) in [5.41, 5.74) is 2.11. The number of benzene rings is 1. The van der Waals surface area contributed by atoms with E-state index in [0.29, 0.717) is 6.54 Å². The summed E-state index contributed by atoms with van der Waals surface area (Å²) < 4.78 is 1.69. The van der Waals surface area contributed by atoms with Crippen LogP contribution in [0.25, 0.3) is 0 Å². The Hall–Kier alpha value is -1.77. The molecule has 3 heteroatoms. The van der Waals surface area contributed by atoms with Crippen LogP contribution in [-0.2, 0) is 6.54 Å². The highest BCUT2D eigenvalue weighted by Gasteiger charge is 2.06. The second-order valence-electron chi connectivity index (χ2n) is 3.30. The molecule has 0 amide bonds. The van der Waals surface area contributed by atoms with Gasteiger partial charge in [-0.25, -0.2) is 0 Å². The minimum Gasteiger partial charge on any atom is -0.596 e. The first kappa shape index (κ1) is 8.81. The van der Waals surface area contributed by atoms with Crippen molar-refractivity contribution in [3.05, 3.63) is 59.1 Å². The van der Waals surface area contributed by atoms with Gasteiger partial charge in [0.15, 0.2) is 0 Å². The average molecular weight is 188 g/mol. The molecule has 0 fully saturated rings. The SMILES string of the molecule is Cc1cc[n+]([O-])n1Cc1ccccc1. The Balaban J connectivity index is 2.27. The Labute approximate surface area is 82.8 Å².